The van der Waals surface area contributed by atoms with Crippen LogP contribution in [0.3, 0.4) is 0 Å². The van der Waals surface area contributed by atoms with Crippen molar-refractivity contribution in [2.45, 2.75) is 6.54 Å². The minimum atomic E-state index is -1.08. The van der Waals surface area contributed by atoms with E-state index in [4.69, 9.17) is 9.84 Å². The summed E-state index contributed by atoms with van der Waals surface area (Å²) in [5.74, 6) is -0.735. The van der Waals surface area contributed by atoms with Crippen molar-refractivity contribution in [3.8, 4) is 0 Å². The van der Waals surface area contributed by atoms with E-state index in [1.807, 2.05) is 23.1 Å². The molecule has 0 spiro atoms. The first-order chi connectivity index (χ1) is 10.2. The highest BCUT2D eigenvalue weighted by Crippen LogP contribution is 2.11. The Kier molecular flexibility index (Phi) is 5.16. The quantitative estimate of drug-likeness (QED) is 0.819. The molecule has 0 unspecified atom stereocenters. The van der Waals surface area contributed by atoms with Crippen molar-refractivity contribution in [2.24, 2.45) is 0 Å². The minimum absolute atomic E-state index is 0.0385. The Bertz CT molecular complexity index is 592. The van der Waals surface area contributed by atoms with E-state index >= 15 is 0 Å². The molecule has 0 aliphatic rings. The van der Waals surface area contributed by atoms with Gasteiger partial charge < -0.3 is 14.7 Å². The lowest BCUT2D eigenvalue weighted by Crippen LogP contribution is -2.29. The molecule has 0 saturated heterocycles. The fourth-order valence-electron chi connectivity index (χ4n) is 1.76. The predicted molar refractivity (Wildman–Crippen MR) is 76.2 cm³/mol. The molecule has 0 fully saturated rings. The molecular formula is C14H16N4O3. The molecule has 0 bridgehead atoms. The number of pyridine rings is 1. The van der Waals surface area contributed by atoms with Crippen LogP contribution in [-0.4, -0.2) is 46.3 Å². The van der Waals surface area contributed by atoms with Crippen LogP contribution in [-0.2, 0) is 11.3 Å². The van der Waals surface area contributed by atoms with E-state index < -0.39 is 5.97 Å². The van der Waals surface area contributed by atoms with Gasteiger partial charge in [0.1, 0.15) is 0 Å². The topological polar surface area (TPSA) is 88.4 Å². The van der Waals surface area contributed by atoms with Gasteiger partial charge in [-0.05, 0) is 18.2 Å². The van der Waals surface area contributed by atoms with Crippen LogP contribution >= 0.6 is 0 Å². The molecule has 0 aliphatic carbocycles. The summed E-state index contributed by atoms with van der Waals surface area (Å²) in [6.45, 7) is 1.50. The molecule has 0 atom stereocenters. The Morgan fingerprint density at radius 2 is 2.14 bits per heavy atom. The number of carboxylic acid groups (broad SMARTS) is 1. The molecule has 0 amide bonds. The molecule has 0 saturated carbocycles. The maximum Gasteiger partial charge on any atom is 0.354 e. The Morgan fingerprint density at radius 1 is 1.29 bits per heavy atom. The largest absolute Gasteiger partial charge is 0.477 e. The zero-order valence-corrected chi connectivity index (χ0v) is 11.6. The summed E-state index contributed by atoms with van der Waals surface area (Å²) in [6, 6.07) is 6.98. The molecule has 2 heterocycles. The van der Waals surface area contributed by atoms with E-state index in [1.54, 1.807) is 13.3 Å². The van der Waals surface area contributed by atoms with Gasteiger partial charge in [0.25, 0.3) is 0 Å². The third-order valence-corrected chi connectivity index (χ3v) is 2.79. The number of aromatic carboxylic acids is 1. The smallest absolute Gasteiger partial charge is 0.354 e. The Labute approximate surface area is 122 Å². The summed E-state index contributed by atoms with van der Waals surface area (Å²) in [5, 5.41) is 9.01. The van der Waals surface area contributed by atoms with Gasteiger partial charge in [0.2, 0.25) is 5.95 Å². The minimum Gasteiger partial charge on any atom is -0.477 e. The van der Waals surface area contributed by atoms with Gasteiger partial charge >= 0.3 is 5.97 Å². The molecule has 0 aromatic carbocycles. The second-order valence-electron chi connectivity index (χ2n) is 4.28. The first-order valence-corrected chi connectivity index (χ1v) is 6.41. The zero-order chi connectivity index (χ0) is 15.1. The first kappa shape index (κ1) is 14.9. The standard InChI is InChI=1S/C14H16N4O3/c1-21-9-8-18(10-11-4-2-3-6-15-11)14-16-7-5-12(17-14)13(19)20/h2-7H,8-10H2,1H3,(H,19,20). The van der Waals surface area contributed by atoms with Crippen LogP contribution in [0.5, 0.6) is 0 Å². The van der Waals surface area contributed by atoms with Crippen molar-refractivity contribution >= 4 is 11.9 Å². The van der Waals surface area contributed by atoms with Gasteiger partial charge in [0, 0.05) is 26.0 Å². The van der Waals surface area contributed by atoms with E-state index in [2.05, 4.69) is 15.0 Å². The summed E-state index contributed by atoms with van der Waals surface area (Å²) in [4.78, 5) is 25.3. The van der Waals surface area contributed by atoms with Crippen LogP contribution in [0.4, 0.5) is 5.95 Å². The number of ether oxygens (including phenoxy) is 1. The highest BCUT2D eigenvalue weighted by atomic mass is 16.5. The van der Waals surface area contributed by atoms with Crippen molar-refractivity contribution in [3.63, 3.8) is 0 Å². The van der Waals surface area contributed by atoms with E-state index in [-0.39, 0.29) is 5.69 Å². The van der Waals surface area contributed by atoms with Gasteiger partial charge in [-0.25, -0.2) is 14.8 Å². The summed E-state index contributed by atoms with van der Waals surface area (Å²) in [5.41, 5.74) is 0.807. The highest BCUT2D eigenvalue weighted by Gasteiger charge is 2.13. The SMILES string of the molecule is COCCN(Cc1ccccn1)c1nccc(C(=O)O)n1. The second kappa shape index (κ2) is 7.30. The molecule has 7 heteroatoms. The summed E-state index contributed by atoms with van der Waals surface area (Å²) < 4.78 is 5.08. The van der Waals surface area contributed by atoms with E-state index in [9.17, 15) is 4.79 Å². The molecule has 7 nitrogen and oxygen atoms in total. The van der Waals surface area contributed by atoms with E-state index in [0.717, 1.165) is 5.69 Å². The molecule has 2 aromatic rings. The van der Waals surface area contributed by atoms with Crippen LogP contribution in [0.1, 0.15) is 16.2 Å². The molecule has 2 aromatic heterocycles. The first-order valence-electron chi connectivity index (χ1n) is 6.41. The van der Waals surface area contributed by atoms with Crippen molar-refractivity contribution in [1.29, 1.82) is 0 Å². The third-order valence-electron chi connectivity index (χ3n) is 2.79. The maximum atomic E-state index is 11.0. The summed E-state index contributed by atoms with van der Waals surface area (Å²) in [7, 11) is 1.60. The average molecular weight is 288 g/mol. The van der Waals surface area contributed by atoms with Crippen molar-refractivity contribution in [3.05, 3.63) is 48.0 Å². The highest BCUT2D eigenvalue weighted by molar-refractivity contribution is 5.85. The summed E-state index contributed by atoms with van der Waals surface area (Å²) in [6.07, 6.45) is 3.14. The van der Waals surface area contributed by atoms with Crippen LogP contribution in [0, 0.1) is 0 Å². The Hall–Kier alpha value is -2.54. The predicted octanol–water partition coefficient (Wildman–Crippen LogP) is 1.22. The van der Waals surface area contributed by atoms with Gasteiger partial charge in [0.05, 0.1) is 18.8 Å². The molecule has 0 radical (unpaired) electrons. The number of carbonyl (C=O) groups is 1. The second-order valence-corrected chi connectivity index (χ2v) is 4.28. The van der Waals surface area contributed by atoms with Crippen LogP contribution in [0.25, 0.3) is 0 Å². The van der Waals surface area contributed by atoms with Gasteiger partial charge in [-0.3, -0.25) is 4.98 Å². The zero-order valence-electron chi connectivity index (χ0n) is 11.6. The number of rotatable bonds is 7. The lowest BCUT2D eigenvalue weighted by molar-refractivity contribution is 0.0690. The lowest BCUT2D eigenvalue weighted by atomic mass is 10.3. The molecule has 110 valence electrons. The molecule has 21 heavy (non-hydrogen) atoms. The summed E-state index contributed by atoms with van der Waals surface area (Å²) >= 11 is 0. The number of anilines is 1. The normalized spacial score (nSPS) is 10.3. The lowest BCUT2D eigenvalue weighted by Gasteiger charge is -2.21. The number of hydrogen-bond donors (Lipinski definition) is 1. The number of hydrogen-bond acceptors (Lipinski definition) is 6. The Balaban J connectivity index is 2.22. The maximum absolute atomic E-state index is 11.0. The van der Waals surface area contributed by atoms with Crippen molar-refractivity contribution in [2.75, 3.05) is 25.2 Å². The molecular weight excluding hydrogens is 272 g/mol. The fraction of sp³-hybridized carbons (Fsp3) is 0.286. The van der Waals surface area contributed by atoms with Crippen LogP contribution in [0.2, 0.25) is 0 Å². The van der Waals surface area contributed by atoms with Gasteiger partial charge in [-0.1, -0.05) is 6.07 Å². The molecule has 2 rings (SSSR count). The van der Waals surface area contributed by atoms with Gasteiger partial charge in [-0.2, -0.15) is 0 Å². The van der Waals surface area contributed by atoms with Crippen LogP contribution < -0.4 is 4.90 Å². The van der Waals surface area contributed by atoms with Gasteiger partial charge in [-0.15, -0.1) is 0 Å². The Morgan fingerprint density at radius 3 is 2.81 bits per heavy atom. The third kappa shape index (κ3) is 4.22. The van der Waals surface area contributed by atoms with E-state index in [1.165, 1.54) is 12.3 Å². The number of aromatic nitrogens is 3. The number of methoxy groups -OCH3 is 1. The van der Waals surface area contributed by atoms with Crippen molar-refractivity contribution in [1.82, 2.24) is 15.0 Å². The number of carboxylic acids is 1. The molecule has 0 aliphatic heterocycles. The van der Waals surface area contributed by atoms with Gasteiger partial charge in [0.15, 0.2) is 5.69 Å². The van der Waals surface area contributed by atoms with Crippen LogP contribution in [0.15, 0.2) is 36.7 Å². The average Bonchev–Trinajstić information content (AvgIpc) is 2.52. The monoisotopic (exact) mass is 288 g/mol. The fourth-order valence-corrected chi connectivity index (χ4v) is 1.76. The number of nitrogens with zero attached hydrogens (tertiary/aromatic N) is 4. The molecule has 1 N–H and O–H groups in total. The van der Waals surface area contributed by atoms with Crippen molar-refractivity contribution < 1.29 is 14.6 Å². The van der Waals surface area contributed by atoms with E-state index in [0.29, 0.717) is 25.6 Å².